The zero-order chi connectivity index (χ0) is 15.0. The molecule has 0 spiro atoms. The smallest absolute Gasteiger partial charge is 0.258 e. The Hall–Kier alpha value is -2.56. The largest absolute Gasteiger partial charge is 0.290 e. The maximum atomic E-state index is 11.1. The van der Waals surface area contributed by atoms with E-state index in [9.17, 15) is 20.2 Å². The molecule has 0 unspecified atom stereocenters. The number of nitrogens with zero attached hydrogens (tertiary/aromatic N) is 6. The van der Waals surface area contributed by atoms with Crippen LogP contribution in [0.15, 0.2) is 28.3 Å². The Balaban J connectivity index is 1.95. The zero-order valence-electron chi connectivity index (χ0n) is 10.4. The van der Waals surface area contributed by atoms with Crippen LogP contribution in [-0.2, 0) is 0 Å². The van der Waals surface area contributed by atoms with Crippen molar-refractivity contribution in [3.8, 4) is 0 Å². The van der Waals surface area contributed by atoms with Crippen LogP contribution in [0.25, 0.3) is 0 Å². The molecule has 21 heavy (non-hydrogen) atoms. The molecule has 0 N–H and O–H groups in total. The number of tetrazole rings is 1. The van der Waals surface area contributed by atoms with Gasteiger partial charge >= 0.3 is 0 Å². The molecule has 0 amide bonds. The van der Waals surface area contributed by atoms with E-state index >= 15 is 0 Å². The molecule has 0 atom stereocenters. The molecule has 0 aliphatic heterocycles. The third kappa shape index (κ3) is 2.67. The van der Waals surface area contributed by atoms with Crippen molar-refractivity contribution < 1.29 is 9.85 Å². The second kappa shape index (κ2) is 5.09. The van der Waals surface area contributed by atoms with E-state index in [0.717, 1.165) is 30.7 Å². The summed E-state index contributed by atoms with van der Waals surface area (Å²) >= 11 is 1.03. The van der Waals surface area contributed by atoms with Gasteiger partial charge in [0.05, 0.1) is 26.9 Å². The molecule has 1 fully saturated rings. The molecule has 1 aromatic heterocycles. The first-order valence-electron chi connectivity index (χ1n) is 5.95. The van der Waals surface area contributed by atoms with Gasteiger partial charge in [-0.15, -0.1) is 5.10 Å². The van der Waals surface area contributed by atoms with Gasteiger partial charge in [-0.1, -0.05) is 0 Å². The lowest BCUT2D eigenvalue weighted by atomic mass is 10.3. The van der Waals surface area contributed by atoms with Gasteiger partial charge in [-0.25, -0.2) is 4.68 Å². The van der Waals surface area contributed by atoms with Crippen LogP contribution in [0.1, 0.15) is 18.9 Å². The van der Waals surface area contributed by atoms with Gasteiger partial charge in [-0.2, -0.15) is 0 Å². The lowest BCUT2D eigenvalue weighted by Crippen LogP contribution is -1.99. The fraction of sp³-hybridized carbons (Fsp3) is 0.300. The Morgan fingerprint density at radius 3 is 2.62 bits per heavy atom. The molecular formula is C10H8N6O4S. The van der Waals surface area contributed by atoms with Crippen LogP contribution in [0, 0.1) is 20.2 Å². The van der Waals surface area contributed by atoms with E-state index in [2.05, 4.69) is 15.5 Å². The van der Waals surface area contributed by atoms with Crippen molar-refractivity contribution in [1.29, 1.82) is 0 Å². The molecule has 108 valence electrons. The van der Waals surface area contributed by atoms with E-state index in [1.54, 1.807) is 4.68 Å². The van der Waals surface area contributed by atoms with Crippen molar-refractivity contribution in [2.45, 2.75) is 28.9 Å². The topological polar surface area (TPSA) is 130 Å². The number of aromatic nitrogens is 4. The van der Waals surface area contributed by atoms with Crippen LogP contribution in [0.5, 0.6) is 0 Å². The summed E-state index contributed by atoms with van der Waals surface area (Å²) in [6.07, 6.45) is 1.95. The van der Waals surface area contributed by atoms with Crippen LogP contribution < -0.4 is 0 Å². The van der Waals surface area contributed by atoms with Crippen molar-refractivity contribution in [3.05, 3.63) is 38.4 Å². The second-order valence-electron chi connectivity index (χ2n) is 4.41. The maximum Gasteiger partial charge on any atom is 0.290 e. The second-order valence-corrected chi connectivity index (χ2v) is 5.41. The molecule has 10 nitrogen and oxygen atoms in total. The Labute approximate surface area is 121 Å². The predicted octanol–water partition coefficient (Wildman–Crippen LogP) is 1.98. The molecule has 2 aromatic rings. The van der Waals surface area contributed by atoms with Gasteiger partial charge in [0.15, 0.2) is 0 Å². The molecule has 11 heteroatoms. The monoisotopic (exact) mass is 308 g/mol. The summed E-state index contributed by atoms with van der Waals surface area (Å²) in [6.45, 7) is 0. The number of non-ortho nitro benzene ring substituents is 1. The average molecular weight is 308 g/mol. The molecule has 1 aliphatic carbocycles. The number of hydrogen-bond donors (Lipinski definition) is 0. The Morgan fingerprint density at radius 1 is 1.24 bits per heavy atom. The van der Waals surface area contributed by atoms with Gasteiger partial charge in [-0.3, -0.25) is 20.2 Å². The molecule has 1 aromatic carbocycles. The van der Waals surface area contributed by atoms with Crippen LogP contribution in [0.4, 0.5) is 11.4 Å². The SMILES string of the molecule is O=[N+]([O-])c1ccc(Sc2nnnn2C2CC2)c([N+](=O)[O-])c1. The molecule has 1 saturated carbocycles. The van der Waals surface area contributed by atoms with E-state index in [0.29, 0.717) is 5.16 Å². The highest BCUT2D eigenvalue weighted by Gasteiger charge is 2.29. The summed E-state index contributed by atoms with van der Waals surface area (Å²) in [6, 6.07) is 3.74. The number of nitro groups is 2. The zero-order valence-corrected chi connectivity index (χ0v) is 11.3. The number of hydrogen-bond acceptors (Lipinski definition) is 8. The fourth-order valence-electron chi connectivity index (χ4n) is 1.75. The summed E-state index contributed by atoms with van der Waals surface area (Å²) in [5.41, 5.74) is -0.660. The normalized spacial score (nSPS) is 14.1. The highest BCUT2D eigenvalue weighted by Crippen LogP contribution is 2.40. The Morgan fingerprint density at radius 2 is 2.00 bits per heavy atom. The highest BCUT2D eigenvalue weighted by molar-refractivity contribution is 7.99. The van der Waals surface area contributed by atoms with Gasteiger partial charge in [0.2, 0.25) is 5.16 Å². The first-order chi connectivity index (χ1) is 10.1. The molecule has 1 heterocycles. The summed E-state index contributed by atoms with van der Waals surface area (Å²) < 4.78 is 1.62. The molecule has 3 rings (SSSR count). The third-order valence-corrected chi connectivity index (χ3v) is 3.92. The standard InChI is InChI=1S/C10H8N6O4S/c17-15(18)7-3-4-9(8(5-7)16(19)20)21-10-11-12-13-14(10)6-1-2-6/h3-6H,1-2H2. The number of nitro benzene ring substituents is 2. The number of benzene rings is 1. The lowest BCUT2D eigenvalue weighted by molar-refractivity contribution is -0.396. The van der Waals surface area contributed by atoms with Gasteiger partial charge < -0.3 is 0 Å². The quantitative estimate of drug-likeness (QED) is 0.605. The molecule has 1 aliphatic rings. The van der Waals surface area contributed by atoms with Crippen molar-refractivity contribution >= 4 is 23.1 Å². The lowest BCUT2D eigenvalue weighted by Gasteiger charge is -2.03. The highest BCUT2D eigenvalue weighted by atomic mass is 32.2. The summed E-state index contributed by atoms with van der Waals surface area (Å²) in [4.78, 5) is 20.7. The Bertz CT molecular complexity index is 728. The van der Waals surface area contributed by atoms with E-state index in [4.69, 9.17) is 0 Å². The Kier molecular flexibility index (Phi) is 3.25. The molecule has 0 saturated heterocycles. The average Bonchev–Trinajstić information content (AvgIpc) is 3.19. The van der Waals surface area contributed by atoms with E-state index in [1.165, 1.54) is 12.1 Å². The predicted molar refractivity (Wildman–Crippen MR) is 70.0 cm³/mol. The first kappa shape index (κ1) is 13.4. The van der Waals surface area contributed by atoms with E-state index < -0.39 is 9.85 Å². The minimum atomic E-state index is -0.671. The molecule has 0 radical (unpaired) electrons. The van der Waals surface area contributed by atoms with Gasteiger partial charge in [-0.05, 0) is 41.1 Å². The van der Waals surface area contributed by atoms with Crippen molar-refractivity contribution in [2.24, 2.45) is 0 Å². The van der Waals surface area contributed by atoms with Crippen LogP contribution in [0.2, 0.25) is 0 Å². The number of rotatable bonds is 5. The minimum absolute atomic E-state index is 0.236. The minimum Gasteiger partial charge on any atom is -0.258 e. The van der Waals surface area contributed by atoms with Crippen LogP contribution in [-0.4, -0.2) is 30.1 Å². The molecular weight excluding hydrogens is 300 g/mol. The van der Waals surface area contributed by atoms with Crippen LogP contribution in [0.3, 0.4) is 0 Å². The summed E-state index contributed by atoms with van der Waals surface area (Å²) in [5, 5.41) is 33.5. The van der Waals surface area contributed by atoms with Gasteiger partial charge in [0, 0.05) is 6.07 Å². The van der Waals surface area contributed by atoms with Crippen molar-refractivity contribution in [2.75, 3.05) is 0 Å². The van der Waals surface area contributed by atoms with Crippen LogP contribution >= 0.6 is 11.8 Å². The molecule has 0 bridgehead atoms. The van der Waals surface area contributed by atoms with Gasteiger partial charge in [0.25, 0.3) is 11.4 Å². The van der Waals surface area contributed by atoms with Crippen molar-refractivity contribution in [3.63, 3.8) is 0 Å². The maximum absolute atomic E-state index is 11.1. The summed E-state index contributed by atoms with van der Waals surface area (Å²) in [5.74, 6) is 0. The van der Waals surface area contributed by atoms with Crippen molar-refractivity contribution in [1.82, 2.24) is 20.2 Å². The third-order valence-electron chi connectivity index (χ3n) is 2.91. The van der Waals surface area contributed by atoms with E-state index in [-0.39, 0.29) is 22.3 Å². The van der Waals surface area contributed by atoms with Gasteiger partial charge in [0.1, 0.15) is 0 Å². The fourth-order valence-corrected chi connectivity index (χ4v) is 2.67. The summed E-state index contributed by atoms with van der Waals surface area (Å²) in [7, 11) is 0. The first-order valence-corrected chi connectivity index (χ1v) is 6.76. The van der Waals surface area contributed by atoms with E-state index in [1.807, 2.05) is 0 Å².